The Morgan fingerprint density at radius 1 is 1.33 bits per heavy atom. The second-order valence-corrected chi connectivity index (χ2v) is 8.14. The summed E-state index contributed by atoms with van der Waals surface area (Å²) < 4.78 is 27.5. The van der Waals surface area contributed by atoms with Crippen LogP contribution in [0.2, 0.25) is 5.02 Å². The van der Waals surface area contributed by atoms with Crippen molar-refractivity contribution in [2.24, 2.45) is 11.7 Å². The third kappa shape index (κ3) is 4.16. The standard InChI is InChI=1S/C14H19ClN2O2S2/c1-9-2-4-10(5-3-9)17-21(18,19)11-6-7-12(14(16)20)13(15)8-11/h6-10,17H,2-5H2,1H3,(H2,16,20). The van der Waals surface area contributed by atoms with Crippen molar-refractivity contribution in [1.82, 2.24) is 4.72 Å². The van der Waals surface area contributed by atoms with Gasteiger partial charge in [0.1, 0.15) is 4.99 Å². The predicted molar refractivity (Wildman–Crippen MR) is 89.1 cm³/mol. The molecule has 0 amide bonds. The highest BCUT2D eigenvalue weighted by molar-refractivity contribution is 7.89. The summed E-state index contributed by atoms with van der Waals surface area (Å²) in [5.74, 6) is 0.671. The van der Waals surface area contributed by atoms with E-state index in [1.54, 1.807) is 6.07 Å². The van der Waals surface area contributed by atoms with Crippen molar-refractivity contribution < 1.29 is 8.42 Å². The lowest BCUT2D eigenvalue weighted by Gasteiger charge is -2.26. The largest absolute Gasteiger partial charge is 0.389 e. The van der Waals surface area contributed by atoms with Crippen LogP contribution in [0.5, 0.6) is 0 Å². The lowest BCUT2D eigenvalue weighted by molar-refractivity contribution is 0.332. The minimum absolute atomic E-state index is 0.000219. The molecule has 0 radical (unpaired) electrons. The number of nitrogens with two attached hydrogens (primary N) is 1. The van der Waals surface area contributed by atoms with E-state index in [9.17, 15) is 8.42 Å². The number of thiocarbonyl (C=S) groups is 1. The van der Waals surface area contributed by atoms with Gasteiger partial charge in [0.2, 0.25) is 10.0 Å². The average molecular weight is 347 g/mol. The van der Waals surface area contributed by atoms with Crippen molar-refractivity contribution in [3.63, 3.8) is 0 Å². The van der Waals surface area contributed by atoms with Crippen LogP contribution < -0.4 is 10.5 Å². The molecule has 7 heteroatoms. The molecule has 1 aliphatic rings. The van der Waals surface area contributed by atoms with Crippen LogP contribution in [0, 0.1) is 5.92 Å². The zero-order chi connectivity index (χ0) is 15.6. The number of sulfonamides is 1. The zero-order valence-corrected chi connectivity index (χ0v) is 14.2. The van der Waals surface area contributed by atoms with Gasteiger partial charge >= 0.3 is 0 Å². The molecule has 0 saturated heterocycles. The Kier molecular flexibility index (Phi) is 5.24. The lowest BCUT2D eigenvalue weighted by Crippen LogP contribution is -2.37. The van der Waals surface area contributed by atoms with E-state index < -0.39 is 10.0 Å². The van der Waals surface area contributed by atoms with E-state index in [1.807, 2.05) is 0 Å². The van der Waals surface area contributed by atoms with Crippen LogP contribution in [0.4, 0.5) is 0 Å². The average Bonchev–Trinajstić information content (AvgIpc) is 2.40. The van der Waals surface area contributed by atoms with Gasteiger partial charge in [0.05, 0.1) is 9.92 Å². The highest BCUT2D eigenvalue weighted by Crippen LogP contribution is 2.26. The summed E-state index contributed by atoms with van der Waals surface area (Å²) >= 11 is 10.9. The molecule has 0 unspecified atom stereocenters. The van der Waals surface area contributed by atoms with Crippen molar-refractivity contribution in [3.8, 4) is 0 Å². The van der Waals surface area contributed by atoms with E-state index in [0.29, 0.717) is 11.5 Å². The van der Waals surface area contributed by atoms with Crippen molar-refractivity contribution in [1.29, 1.82) is 0 Å². The molecule has 0 aromatic heterocycles. The molecule has 0 aliphatic heterocycles. The molecule has 2 rings (SSSR count). The fourth-order valence-corrected chi connectivity index (χ4v) is 4.44. The topological polar surface area (TPSA) is 72.2 Å². The molecular weight excluding hydrogens is 328 g/mol. The van der Waals surface area contributed by atoms with E-state index in [0.717, 1.165) is 25.7 Å². The summed E-state index contributed by atoms with van der Waals surface area (Å²) in [5, 5.41) is 0.252. The molecule has 1 aliphatic carbocycles. The number of benzene rings is 1. The first-order valence-corrected chi connectivity index (χ1v) is 9.18. The summed E-state index contributed by atoms with van der Waals surface area (Å²) in [6.45, 7) is 2.19. The van der Waals surface area contributed by atoms with Crippen LogP contribution in [0.3, 0.4) is 0 Å². The van der Waals surface area contributed by atoms with E-state index in [2.05, 4.69) is 11.6 Å². The Bertz CT molecular complexity index is 638. The van der Waals surface area contributed by atoms with Gasteiger partial charge in [-0.1, -0.05) is 30.7 Å². The maximum Gasteiger partial charge on any atom is 0.240 e. The molecule has 1 saturated carbocycles. The first-order valence-electron chi connectivity index (χ1n) is 6.91. The van der Waals surface area contributed by atoms with Crippen molar-refractivity contribution >= 4 is 38.8 Å². The molecule has 0 atom stereocenters. The van der Waals surface area contributed by atoms with E-state index in [1.165, 1.54) is 12.1 Å². The molecule has 1 fully saturated rings. The van der Waals surface area contributed by atoms with Gasteiger partial charge in [-0.2, -0.15) is 0 Å². The van der Waals surface area contributed by atoms with Crippen molar-refractivity contribution in [2.75, 3.05) is 0 Å². The Balaban J connectivity index is 2.16. The van der Waals surface area contributed by atoms with Crippen LogP contribution in [0.1, 0.15) is 38.2 Å². The van der Waals surface area contributed by atoms with E-state index in [-0.39, 0.29) is 20.9 Å². The third-order valence-electron chi connectivity index (χ3n) is 3.85. The van der Waals surface area contributed by atoms with Crippen LogP contribution in [0.25, 0.3) is 0 Å². The highest BCUT2D eigenvalue weighted by atomic mass is 35.5. The molecule has 0 heterocycles. The second kappa shape index (κ2) is 6.60. The van der Waals surface area contributed by atoms with Gasteiger partial charge in [-0.25, -0.2) is 13.1 Å². The summed E-state index contributed by atoms with van der Waals surface area (Å²) in [5.41, 5.74) is 6.00. The van der Waals surface area contributed by atoms with E-state index >= 15 is 0 Å². The molecule has 1 aromatic rings. The Morgan fingerprint density at radius 2 is 1.95 bits per heavy atom. The summed E-state index contributed by atoms with van der Waals surface area (Å²) in [6.07, 6.45) is 3.85. The maximum atomic E-state index is 12.4. The van der Waals surface area contributed by atoms with Gasteiger partial charge in [0.25, 0.3) is 0 Å². The highest BCUT2D eigenvalue weighted by Gasteiger charge is 2.24. The first-order chi connectivity index (χ1) is 9.79. The van der Waals surface area contributed by atoms with Crippen LogP contribution in [0.15, 0.2) is 23.1 Å². The number of nitrogens with one attached hydrogen (secondary N) is 1. The molecule has 3 N–H and O–H groups in total. The Morgan fingerprint density at radius 3 is 2.48 bits per heavy atom. The number of rotatable bonds is 4. The van der Waals surface area contributed by atoms with Gasteiger partial charge in [-0.15, -0.1) is 0 Å². The number of hydrogen-bond donors (Lipinski definition) is 2. The van der Waals surface area contributed by atoms with Crippen LogP contribution in [-0.2, 0) is 10.0 Å². The van der Waals surface area contributed by atoms with Crippen molar-refractivity contribution in [2.45, 2.75) is 43.5 Å². The molecule has 1 aromatic carbocycles. The Hall–Kier alpha value is -0.690. The van der Waals surface area contributed by atoms with Gasteiger partial charge in [0.15, 0.2) is 0 Å². The second-order valence-electron chi connectivity index (χ2n) is 5.58. The number of halogens is 1. The smallest absolute Gasteiger partial charge is 0.240 e. The van der Waals surface area contributed by atoms with Gasteiger partial charge in [0, 0.05) is 11.6 Å². The Labute approximate surface area is 136 Å². The summed E-state index contributed by atoms with van der Waals surface area (Å²) in [6, 6.07) is 4.42. The number of hydrogen-bond acceptors (Lipinski definition) is 3. The molecule has 4 nitrogen and oxygen atoms in total. The fourth-order valence-electron chi connectivity index (χ4n) is 2.53. The first kappa shape index (κ1) is 16.7. The van der Waals surface area contributed by atoms with E-state index in [4.69, 9.17) is 29.6 Å². The lowest BCUT2D eigenvalue weighted by atomic mass is 9.88. The van der Waals surface area contributed by atoms with Gasteiger partial charge in [-0.3, -0.25) is 0 Å². The quantitative estimate of drug-likeness (QED) is 0.822. The van der Waals surface area contributed by atoms with Crippen LogP contribution >= 0.6 is 23.8 Å². The molecule has 0 spiro atoms. The monoisotopic (exact) mass is 346 g/mol. The normalized spacial score (nSPS) is 23.0. The molecule has 0 bridgehead atoms. The zero-order valence-electron chi connectivity index (χ0n) is 11.8. The fraction of sp³-hybridized carbons (Fsp3) is 0.500. The minimum Gasteiger partial charge on any atom is -0.389 e. The molecular formula is C14H19ClN2O2S2. The molecule has 116 valence electrons. The SMILES string of the molecule is CC1CCC(NS(=O)(=O)c2ccc(C(N)=S)c(Cl)c2)CC1. The summed E-state index contributed by atoms with van der Waals surface area (Å²) in [4.78, 5) is 0.296. The maximum absolute atomic E-state index is 12.4. The third-order valence-corrected chi connectivity index (χ3v) is 5.90. The van der Waals surface area contributed by atoms with Crippen LogP contribution in [-0.4, -0.2) is 19.4 Å². The van der Waals surface area contributed by atoms with Gasteiger partial charge < -0.3 is 5.73 Å². The predicted octanol–water partition coefficient (Wildman–Crippen LogP) is 2.83. The summed E-state index contributed by atoms with van der Waals surface area (Å²) in [7, 11) is -3.56. The minimum atomic E-state index is -3.56. The van der Waals surface area contributed by atoms with Gasteiger partial charge in [-0.05, 0) is 49.8 Å². The molecule has 21 heavy (non-hydrogen) atoms. The van der Waals surface area contributed by atoms with Crippen molar-refractivity contribution in [3.05, 3.63) is 28.8 Å².